The van der Waals surface area contributed by atoms with Crippen molar-refractivity contribution in [3.05, 3.63) is 11.2 Å². The molecule has 6 heavy (non-hydrogen) atoms. The fourth-order valence-corrected chi connectivity index (χ4v) is 0.586. The lowest BCUT2D eigenvalue weighted by atomic mass is 10.9. The van der Waals surface area contributed by atoms with Gasteiger partial charge < -0.3 is 4.90 Å². The Labute approximate surface area is 46.8 Å². The van der Waals surface area contributed by atoms with Crippen LogP contribution in [0.5, 0.6) is 0 Å². The van der Waals surface area contributed by atoms with Crippen LogP contribution >= 0.6 is 15.9 Å². The van der Waals surface area contributed by atoms with Gasteiger partial charge in [0.1, 0.15) is 0 Å². The summed E-state index contributed by atoms with van der Waals surface area (Å²) < 4.78 is 0. The van der Waals surface area contributed by atoms with Crippen LogP contribution in [0.3, 0.4) is 0 Å². The predicted octanol–water partition coefficient (Wildman–Crippen LogP) is 1.41. The van der Waals surface area contributed by atoms with Crippen molar-refractivity contribution in [3.8, 4) is 0 Å². The standard InChI is InChI=1S/C4H8BrN/c1-6(2)4-3-5/h3-4H,1-2H3/b4-3+. The molecule has 1 nitrogen and oxygen atoms in total. The normalized spacial score (nSPS) is 9.83. The summed E-state index contributed by atoms with van der Waals surface area (Å²) >= 11 is 3.13. The smallest absolute Gasteiger partial charge is 0.00558 e. The molecule has 0 aliphatic rings. The van der Waals surface area contributed by atoms with Gasteiger partial charge in [-0.05, 0) is 4.99 Å². The first-order chi connectivity index (χ1) is 2.77. The summed E-state index contributed by atoms with van der Waals surface area (Å²) in [5.41, 5.74) is 0. The molecule has 0 rings (SSSR count). The SMILES string of the molecule is CN(C)/C=C/Br. The van der Waals surface area contributed by atoms with Crippen molar-refractivity contribution in [2.75, 3.05) is 14.1 Å². The van der Waals surface area contributed by atoms with Gasteiger partial charge in [-0.2, -0.15) is 0 Å². The molecule has 0 saturated heterocycles. The van der Waals surface area contributed by atoms with E-state index >= 15 is 0 Å². The van der Waals surface area contributed by atoms with Crippen molar-refractivity contribution in [2.24, 2.45) is 0 Å². The van der Waals surface area contributed by atoms with Crippen molar-refractivity contribution in [2.45, 2.75) is 0 Å². The van der Waals surface area contributed by atoms with E-state index in [1.54, 1.807) is 0 Å². The van der Waals surface area contributed by atoms with E-state index in [1.165, 1.54) is 0 Å². The molecule has 0 fully saturated rings. The Morgan fingerprint density at radius 3 is 2.00 bits per heavy atom. The van der Waals surface area contributed by atoms with Crippen LogP contribution in [-0.4, -0.2) is 19.0 Å². The number of rotatable bonds is 1. The first-order valence-electron chi connectivity index (χ1n) is 1.70. The van der Waals surface area contributed by atoms with Crippen LogP contribution < -0.4 is 0 Å². The van der Waals surface area contributed by atoms with Gasteiger partial charge >= 0.3 is 0 Å². The molecule has 0 atom stereocenters. The van der Waals surface area contributed by atoms with Gasteiger partial charge in [0.25, 0.3) is 0 Å². The molecule has 0 aromatic carbocycles. The molecule has 0 radical (unpaired) electrons. The summed E-state index contributed by atoms with van der Waals surface area (Å²) in [6.07, 6.45) is 1.92. The molecule has 36 valence electrons. The number of hydrogen-bond acceptors (Lipinski definition) is 1. The Kier molecular flexibility index (Phi) is 3.23. The molecule has 2 heteroatoms. The molecule has 0 unspecified atom stereocenters. The number of nitrogens with zero attached hydrogens (tertiary/aromatic N) is 1. The molecule has 0 spiro atoms. The van der Waals surface area contributed by atoms with Crippen molar-refractivity contribution in [3.63, 3.8) is 0 Å². The molecular formula is C4H8BrN. The molecule has 0 saturated carbocycles. The summed E-state index contributed by atoms with van der Waals surface area (Å²) in [7, 11) is 3.94. The van der Waals surface area contributed by atoms with E-state index in [4.69, 9.17) is 0 Å². The predicted molar refractivity (Wildman–Crippen MR) is 31.8 cm³/mol. The number of halogens is 1. The van der Waals surface area contributed by atoms with Crippen LogP contribution in [0.15, 0.2) is 11.2 Å². The van der Waals surface area contributed by atoms with Gasteiger partial charge in [-0.1, -0.05) is 15.9 Å². The minimum atomic E-state index is 1.81. The quantitative estimate of drug-likeness (QED) is 0.546. The zero-order chi connectivity index (χ0) is 4.99. The molecule has 0 aliphatic carbocycles. The van der Waals surface area contributed by atoms with Gasteiger partial charge in [0, 0.05) is 20.3 Å². The fourth-order valence-electron chi connectivity index (χ4n) is 0.113. The Balaban J connectivity index is 3.03. The van der Waals surface area contributed by atoms with Crippen LogP contribution in [0.4, 0.5) is 0 Å². The summed E-state index contributed by atoms with van der Waals surface area (Å²) in [5.74, 6) is 0. The van der Waals surface area contributed by atoms with E-state index < -0.39 is 0 Å². The zero-order valence-electron chi connectivity index (χ0n) is 3.98. The lowest BCUT2D eigenvalue weighted by Gasteiger charge is -1.99. The van der Waals surface area contributed by atoms with Crippen LogP contribution in [0.1, 0.15) is 0 Å². The zero-order valence-corrected chi connectivity index (χ0v) is 5.57. The third-order valence-electron chi connectivity index (χ3n) is 0.354. The Bertz CT molecular complexity index is 49.5. The summed E-state index contributed by atoms with van der Waals surface area (Å²) in [6.45, 7) is 0. The van der Waals surface area contributed by atoms with Crippen LogP contribution in [0.25, 0.3) is 0 Å². The van der Waals surface area contributed by atoms with Crippen molar-refractivity contribution in [1.29, 1.82) is 0 Å². The maximum Gasteiger partial charge on any atom is 0.00558 e. The lowest BCUT2D eigenvalue weighted by Crippen LogP contribution is -1.98. The molecule has 0 aromatic heterocycles. The highest BCUT2D eigenvalue weighted by atomic mass is 79.9. The van der Waals surface area contributed by atoms with E-state index in [2.05, 4.69) is 15.9 Å². The van der Waals surface area contributed by atoms with E-state index in [-0.39, 0.29) is 0 Å². The van der Waals surface area contributed by atoms with Gasteiger partial charge in [-0.15, -0.1) is 0 Å². The highest BCUT2D eigenvalue weighted by molar-refractivity contribution is 9.11. The molecule has 0 heterocycles. The molecular weight excluding hydrogens is 142 g/mol. The van der Waals surface area contributed by atoms with Gasteiger partial charge in [0.15, 0.2) is 0 Å². The first-order valence-corrected chi connectivity index (χ1v) is 2.62. The first kappa shape index (κ1) is 6.02. The minimum Gasteiger partial charge on any atom is -0.383 e. The molecule has 0 N–H and O–H groups in total. The Hall–Kier alpha value is 0.0200. The van der Waals surface area contributed by atoms with Crippen LogP contribution in [0.2, 0.25) is 0 Å². The highest BCUT2D eigenvalue weighted by Crippen LogP contribution is 1.82. The largest absolute Gasteiger partial charge is 0.383 e. The van der Waals surface area contributed by atoms with E-state index in [1.807, 2.05) is 30.2 Å². The average molecular weight is 150 g/mol. The van der Waals surface area contributed by atoms with E-state index in [0.29, 0.717) is 0 Å². The monoisotopic (exact) mass is 149 g/mol. The summed E-state index contributed by atoms with van der Waals surface area (Å²) in [6, 6.07) is 0. The molecule has 0 aromatic rings. The maximum atomic E-state index is 3.13. The minimum absolute atomic E-state index is 1.81. The fraction of sp³-hybridized carbons (Fsp3) is 0.500. The third kappa shape index (κ3) is 4.02. The van der Waals surface area contributed by atoms with Gasteiger partial charge in [-0.3, -0.25) is 0 Å². The van der Waals surface area contributed by atoms with Gasteiger partial charge in [-0.25, -0.2) is 0 Å². The second-order valence-electron chi connectivity index (χ2n) is 1.24. The summed E-state index contributed by atoms with van der Waals surface area (Å²) in [5, 5.41) is 0. The Morgan fingerprint density at radius 2 is 2.00 bits per heavy atom. The van der Waals surface area contributed by atoms with E-state index in [9.17, 15) is 0 Å². The van der Waals surface area contributed by atoms with Crippen molar-refractivity contribution in [1.82, 2.24) is 4.90 Å². The molecule has 0 bridgehead atoms. The molecule has 0 aliphatic heterocycles. The highest BCUT2D eigenvalue weighted by Gasteiger charge is 1.66. The van der Waals surface area contributed by atoms with Gasteiger partial charge in [0.05, 0.1) is 0 Å². The number of hydrogen-bond donors (Lipinski definition) is 0. The van der Waals surface area contributed by atoms with E-state index in [0.717, 1.165) is 0 Å². The van der Waals surface area contributed by atoms with Crippen LogP contribution in [-0.2, 0) is 0 Å². The second-order valence-corrected chi connectivity index (χ2v) is 1.77. The Morgan fingerprint density at radius 1 is 1.50 bits per heavy atom. The van der Waals surface area contributed by atoms with Gasteiger partial charge in [0.2, 0.25) is 0 Å². The van der Waals surface area contributed by atoms with Crippen molar-refractivity contribution < 1.29 is 0 Å². The summed E-state index contributed by atoms with van der Waals surface area (Å²) in [4.78, 5) is 3.77. The average Bonchev–Trinajstić information content (AvgIpc) is 1.35. The maximum absolute atomic E-state index is 3.13. The second kappa shape index (κ2) is 3.22. The van der Waals surface area contributed by atoms with Crippen LogP contribution in [0, 0.1) is 0 Å². The van der Waals surface area contributed by atoms with Crippen molar-refractivity contribution >= 4 is 15.9 Å². The molecule has 0 amide bonds. The lowest BCUT2D eigenvalue weighted by molar-refractivity contribution is 0.565. The third-order valence-corrected chi connectivity index (χ3v) is 0.591. The topological polar surface area (TPSA) is 3.24 Å².